The summed E-state index contributed by atoms with van der Waals surface area (Å²) in [6, 6.07) is 0.187. The molecule has 4 nitrogen and oxygen atoms in total. The van der Waals surface area contributed by atoms with Crippen molar-refractivity contribution >= 4 is 0 Å². The number of likely N-dealkylation sites (tertiary alicyclic amines) is 1. The van der Waals surface area contributed by atoms with Crippen molar-refractivity contribution < 1.29 is 4.74 Å². The van der Waals surface area contributed by atoms with Crippen molar-refractivity contribution in [2.75, 3.05) is 26.3 Å². The fourth-order valence-corrected chi connectivity index (χ4v) is 2.49. The van der Waals surface area contributed by atoms with E-state index < -0.39 is 0 Å². The first-order chi connectivity index (χ1) is 8.12. The highest BCUT2D eigenvalue weighted by atomic mass is 16.5. The third-order valence-electron chi connectivity index (χ3n) is 3.86. The first-order valence-corrected chi connectivity index (χ1v) is 6.91. The van der Waals surface area contributed by atoms with E-state index in [-0.39, 0.29) is 11.6 Å². The van der Waals surface area contributed by atoms with Gasteiger partial charge in [-0.2, -0.15) is 0 Å². The van der Waals surface area contributed by atoms with Crippen molar-refractivity contribution in [1.29, 1.82) is 0 Å². The van der Waals surface area contributed by atoms with Crippen LogP contribution in [0.5, 0.6) is 0 Å². The molecular weight excluding hydrogens is 214 g/mol. The summed E-state index contributed by atoms with van der Waals surface area (Å²) in [5.74, 6) is 5.69. The van der Waals surface area contributed by atoms with Crippen LogP contribution in [0, 0.1) is 0 Å². The minimum Gasteiger partial charge on any atom is -0.380 e. The lowest BCUT2D eigenvalue weighted by atomic mass is 9.91. The molecule has 0 amide bonds. The highest BCUT2D eigenvalue weighted by Gasteiger charge is 2.35. The number of nitrogens with one attached hydrogen (secondary N) is 1. The van der Waals surface area contributed by atoms with E-state index in [1.807, 2.05) is 0 Å². The van der Waals surface area contributed by atoms with Crippen molar-refractivity contribution in [3.8, 4) is 0 Å². The Morgan fingerprint density at radius 2 is 1.94 bits per heavy atom. The molecular formula is C13H29N3O. The van der Waals surface area contributed by atoms with Crippen LogP contribution in [0.4, 0.5) is 0 Å². The number of ether oxygens (including phenoxy) is 1. The maximum absolute atomic E-state index is 5.69. The Hall–Kier alpha value is -0.160. The zero-order valence-corrected chi connectivity index (χ0v) is 11.7. The van der Waals surface area contributed by atoms with E-state index >= 15 is 0 Å². The monoisotopic (exact) mass is 243 g/mol. The molecule has 1 saturated heterocycles. The molecule has 0 bridgehead atoms. The topological polar surface area (TPSA) is 50.5 Å². The van der Waals surface area contributed by atoms with Gasteiger partial charge in [-0.05, 0) is 46.2 Å². The summed E-state index contributed by atoms with van der Waals surface area (Å²) in [4.78, 5) is 2.54. The molecule has 1 rings (SSSR count). The van der Waals surface area contributed by atoms with Gasteiger partial charge in [-0.3, -0.25) is 16.2 Å². The summed E-state index contributed by atoms with van der Waals surface area (Å²) in [5.41, 5.74) is 2.99. The fraction of sp³-hybridized carbons (Fsp3) is 1.00. The zero-order chi connectivity index (χ0) is 12.7. The molecule has 0 aromatic rings. The highest BCUT2D eigenvalue weighted by molar-refractivity contribution is 4.93. The van der Waals surface area contributed by atoms with Gasteiger partial charge in [-0.25, -0.2) is 0 Å². The number of rotatable bonds is 7. The Labute approximate surface area is 106 Å². The Balaban J connectivity index is 2.50. The highest BCUT2D eigenvalue weighted by Crippen LogP contribution is 2.23. The van der Waals surface area contributed by atoms with Crippen LogP contribution in [0.1, 0.15) is 46.5 Å². The molecule has 3 N–H and O–H groups in total. The molecule has 1 fully saturated rings. The summed E-state index contributed by atoms with van der Waals surface area (Å²) in [5, 5.41) is 0. The van der Waals surface area contributed by atoms with Crippen molar-refractivity contribution in [2.24, 2.45) is 5.84 Å². The third-order valence-corrected chi connectivity index (χ3v) is 3.86. The molecule has 1 heterocycles. The Kier molecular flexibility index (Phi) is 6.41. The van der Waals surface area contributed by atoms with Crippen LogP contribution in [0.15, 0.2) is 0 Å². The van der Waals surface area contributed by atoms with E-state index in [2.05, 4.69) is 31.1 Å². The molecule has 102 valence electrons. The van der Waals surface area contributed by atoms with Crippen molar-refractivity contribution in [2.45, 2.75) is 58.0 Å². The lowest BCUT2D eigenvalue weighted by Gasteiger charge is -2.45. The van der Waals surface area contributed by atoms with Crippen LogP contribution in [-0.4, -0.2) is 42.8 Å². The second-order valence-electron chi connectivity index (χ2n) is 5.50. The first kappa shape index (κ1) is 14.9. The van der Waals surface area contributed by atoms with Gasteiger partial charge < -0.3 is 4.74 Å². The van der Waals surface area contributed by atoms with Gasteiger partial charge in [0.15, 0.2) is 0 Å². The number of piperidine rings is 1. The van der Waals surface area contributed by atoms with E-state index in [1.54, 1.807) is 0 Å². The minimum absolute atomic E-state index is 0.0584. The molecule has 4 heteroatoms. The van der Waals surface area contributed by atoms with Crippen LogP contribution >= 0.6 is 0 Å². The summed E-state index contributed by atoms with van der Waals surface area (Å²) >= 11 is 0. The lowest BCUT2D eigenvalue weighted by Crippen LogP contribution is -2.62. The predicted molar refractivity (Wildman–Crippen MR) is 71.7 cm³/mol. The SMILES string of the molecule is CCCOCC(NN)C(C)(C)N1CCCCC1. The maximum atomic E-state index is 5.69. The van der Waals surface area contributed by atoms with Crippen molar-refractivity contribution in [1.82, 2.24) is 10.3 Å². The van der Waals surface area contributed by atoms with Gasteiger partial charge in [0.25, 0.3) is 0 Å². The van der Waals surface area contributed by atoms with Gasteiger partial charge in [-0.1, -0.05) is 13.3 Å². The second-order valence-corrected chi connectivity index (χ2v) is 5.50. The van der Waals surface area contributed by atoms with E-state index in [0.29, 0.717) is 6.61 Å². The quantitative estimate of drug-likeness (QED) is 0.404. The molecule has 1 unspecified atom stereocenters. The van der Waals surface area contributed by atoms with Crippen LogP contribution in [0.2, 0.25) is 0 Å². The molecule has 0 radical (unpaired) electrons. The second kappa shape index (κ2) is 7.31. The average Bonchev–Trinajstić information content (AvgIpc) is 2.35. The van der Waals surface area contributed by atoms with Crippen molar-refractivity contribution in [3.05, 3.63) is 0 Å². The molecule has 17 heavy (non-hydrogen) atoms. The molecule has 0 saturated carbocycles. The normalized spacial score (nSPS) is 20.5. The number of hydrogen-bond acceptors (Lipinski definition) is 4. The third kappa shape index (κ3) is 4.21. The lowest BCUT2D eigenvalue weighted by molar-refractivity contribution is 0.0155. The molecule has 0 aromatic carbocycles. The largest absolute Gasteiger partial charge is 0.380 e. The van der Waals surface area contributed by atoms with Gasteiger partial charge in [-0.15, -0.1) is 0 Å². The fourth-order valence-electron chi connectivity index (χ4n) is 2.49. The van der Waals surface area contributed by atoms with Crippen LogP contribution in [0.3, 0.4) is 0 Å². The maximum Gasteiger partial charge on any atom is 0.0650 e. The Morgan fingerprint density at radius 3 is 2.47 bits per heavy atom. The summed E-state index contributed by atoms with van der Waals surface area (Å²) in [6.45, 7) is 10.5. The van der Waals surface area contributed by atoms with Gasteiger partial charge in [0.1, 0.15) is 0 Å². The van der Waals surface area contributed by atoms with E-state index in [0.717, 1.165) is 13.0 Å². The number of nitrogens with two attached hydrogens (primary N) is 1. The Morgan fingerprint density at radius 1 is 1.29 bits per heavy atom. The van der Waals surface area contributed by atoms with Gasteiger partial charge in [0, 0.05) is 12.1 Å². The number of hydrogen-bond donors (Lipinski definition) is 2. The smallest absolute Gasteiger partial charge is 0.0650 e. The molecule has 0 spiro atoms. The van der Waals surface area contributed by atoms with Crippen LogP contribution in [0.25, 0.3) is 0 Å². The summed E-state index contributed by atoms with van der Waals surface area (Å²) in [6.07, 6.45) is 5.02. The molecule has 1 aliphatic rings. The van der Waals surface area contributed by atoms with Crippen molar-refractivity contribution in [3.63, 3.8) is 0 Å². The summed E-state index contributed by atoms with van der Waals surface area (Å²) in [7, 11) is 0. The number of hydrazine groups is 1. The van der Waals surface area contributed by atoms with Gasteiger partial charge >= 0.3 is 0 Å². The molecule has 0 aromatic heterocycles. The van der Waals surface area contributed by atoms with Gasteiger partial charge in [0.2, 0.25) is 0 Å². The molecule has 0 aliphatic carbocycles. The molecule has 1 atom stereocenters. The average molecular weight is 243 g/mol. The van der Waals surface area contributed by atoms with Crippen LogP contribution < -0.4 is 11.3 Å². The predicted octanol–water partition coefficient (Wildman–Crippen LogP) is 1.51. The summed E-state index contributed by atoms with van der Waals surface area (Å²) < 4.78 is 5.64. The van der Waals surface area contributed by atoms with Crippen LogP contribution in [-0.2, 0) is 4.74 Å². The van der Waals surface area contributed by atoms with E-state index in [1.165, 1.54) is 32.4 Å². The minimum atomic E-state index is 0.0584. The number of nitrogens with zero attached hydrogens (tertiary/aromatic N) is 1. The van der Waals surface area contributed by atoms with E-state index in [4.69, 9.17) is 10.6 Å². The zero-order valence-electron chi connectivity index (χ0n) is 11.7. The molecule has 1 aliphatic heterocycles. The Bertz CT molecular complexity index is 203. The van der Waals surface area contributed by atoms with Gasteiger partial charge in [0.05, 0.1) is 12.6 Å². The first-order valence-electron chi connectivity index (χ1n) is 6.91. The van der Waals surface area contributed by atoms with E-state index in [9.17, 15) is 0 Å². The standard InChI is InChI=1S/C13H29N3O/c1-4-10-17-11-12(15-14)13(2,3)16-8-6-5-7-9-16/h12,15H,4-11,14H2,1-3H3.